The quantitative estimate of drug-likeness (QED) is 0.604. The van der Waals surface area contributed by atoms with Gasteiger partial charge < -0.3 is 0 Å². The second-order valence-corrected chi connectivity index (χ2v) is 6.47. The van der Waals surface area contributed by atoms with E-state index >= 15 is 0 Å². The molecule has 2 rings (SSSR count). The SMILES string of the molecule is CCCCc1ccc(Sc2cccc(C(F)(F)F)c2)cc1C. The standard InChI is InChI=1S/C18H19F3S/c1-3-4-6-14-9-10-17(11-13(14)2)22-16-8-5-7-15(12-16)18(19,20)21/h5,7-12H,3-4,6H2,1-2H3. The van der Waals surface area contributed by atoms with Gasteiger partial charge in [0.1, 0.15) is 0 Å². The van der Waals surface area contributed by atoms with Crippen LogP contribution >= 0.6 is 11.8 Å². The van der Waals surface area contributed by atoms with Gasteiger partial charge in [-0.1, -0.05) is 37.2 Å². The summed E-state index contributed by atoms with van der Waals surface area (Å²) >= 11 is 1.36. The van der Waals surface area contributed by atoms with Gasteiger partial charge in [0.15, 0.2) is 0 Å². The van der Waals surface area contributed by atoms with Gasteiger partial charge in [-0.2, -0.15) is 13.2 Å². The molecule has 0 radical (unpaired) electrons. The maximum atomic E-state index is 12.7. The fourth-order valence-corrected chi connectivity index (χ4v) is 3.23. The highest BCUT2D eigenvalue weighted by molar-refractivity contribution is 7.99. The average Bonchev–Trinajstić information content (AvgIpc) is 2.46. The fraction of sp³-hybridized carbons (Fsp3) is 0.333. The first-order valence-corrected chi connectivity index (χ1v) is 8.16. The Kier molecular flexibility index (Phi) is 5.57. The molecule has 0 nitrogen and oxygen atoms in total. The van der Waals surface area contributed by atoms with Gasteiger partial charge in [-0.15, -0.1) is 0 Å². The molecule has 0 fully saturated rings. The summed E-state index contributed by atoms with van der Waals surface area (Å²) in [6.07, 6.45) is -0.936. The van der Waals surface area contributed by atoms with Crippen molar-refractivity contribution in [1.82, 2.24) is 0 Å². The van der Waals surface area contributed by atoms with E-state index < -0.39 is 11.7 Å². The number of rotatable bonds is 5. The molecule has 2 aromatic rings. The molecule has 118 valence electrons. The number of hydrogen-bond donors (Lipinski definition) is 0. The highest BCUT2D eigenvalue weighted by atomic mass is 32.2. The molecular formula is C18H19F3S. The number of aryl methyl sites for hydroxylation is 2. The summed E-state index contributed by atoms with van der Waals surface area (Å²) in [5.74, 6) is 0. The van der Waals surface area contributed by atoms with Crippen LogP contribution in [0.25, 0.3) is 0 Å². The highest BCUT2D eigenvalue weighted by Gasteiger charge is 2.30. The zero-order valence-electron chi connectivity index (χ0n) is 12.7. The average molecular weight is 324 g/mol. The Morgan fingerprint density at radius 1 is 1.00 bits per heavy atom. The molecule has 0 unspecified atom stereocenters. The Bertz CT molecular complexity index is 632. The maximum Gasteiger partial charge on any atom is 0.416 e. The van der Waals surface area contributed by atoms with Crippen LogP contribution in [-0.2, 0) is 12.6 Å². The Morgan fingerprint density at radius 2 is 1.73 bits per heavy atom. The van der Waals surface area contributed by atoms with Crippen molar-refractivity contribution in [2.75, 3.05) is 0 Å². The van der Waals surface area contributed by atoms with Gasteiger partial charge in [-0.05, 0) is 61.2 Å². The monoisotopic (exact) mass is 324 g/mol. The van der Waals surface area contributed by atoms with Crippen LogP contribution < -0.4 is 0 Å². The van der Waals surface area contributed by atoms with Crippen LogP contribution in [0.4, 0.5) is 13.2 Å². The first kappa shape index (κ1) is 16.9. The van der Waals surface area contributed by atoms with Crippen molar-refractivity contribution >= 4 is 11.8 Å². The predicted molar refractivity (Wildman–Crippen MR) is 85.4 cm³/mol. The van der Waals surface area contributed by atoms with Gasteiger partial charge in [0.2, 0.25) is 0 Å². The molecule has 0 aliphatic rings. The zero-order chi connectivity index (χ0) is 16.2. The summed E-state index contributed by atoms with van der Waals surface area (Å²) in [6.45, 7) is 4.22. The summed E-state index contributed by atoms with van der Waals surface area (Å²) in [4.78, 5) is 1.58. The Morgan fingerprint density at radius 3 is 2.36 bits per heavy atom. The zero-order valence-corrected chi connectivity index (χ0v) is 13.5. The molecule has 0 N–H and O–H groups in total. The van der Waals surface area contributed by atoms with Crippen LogP contribution in [0, 0.1) is 6.92 Å². The molecule has 0 atom stereocenters. The normalized spacial score (nSPS) is 11.7. The van der Waals surface area contributed by atoms with E-state index in [1.807, 2.05) is 6.07 Å². The number of unbranched alkanes of at least 4 members (excludes halogenated alkanes) is 1. The largest absolute Gasteiger partial charge is 0.416 e. The second-order valence-electron chi connectivity index (χ2n) is 5.32. The summed E-state index contributed by atoms with van der Waals surface area (Å²) in [6, 6.07) is 11.6. The molecule has 0 aliphatic carbocycles. The summed E-state index contributed by atoms with van der Waals surface area (Å²) < 4.78 is 38.2. The van der Waals surface area contributed by atoms with Crippen molar-refractivity contribution in [3.05, 3.63) is 59.2 Å². The van der Waals surface area contributed by atoms with Gasteiger partial charge in [0.25, 0.3) is 0 Å². The summed E-state index contributed by atoms with van der Waals surface area (Å²) in [5.41, 5.74) is 1.91. The molecule has 0 aromatic heterocycles. The molecule has 0 saturated heterocycles. The van der Waals surface area contributed by atoms with Gasteiger partial charge in [0, 0.05) is 9.79 Å². The van der Waals surface area contributed by atoms with E-state index in [0.29, 0.717) is 4.90 Å². The van der Waals surface area contributed by atoms with Crippen molar-refractivity contribution in [3.63, 3.8) is 0 Å². The van der Waals surface area contributed by atoms with E-state index in [1.165, 1.54) is 35.0 Å². The molecular weight excluding hydrogens is 305 g/mol. The minimum absolute atomic E-state index is 0.603. The number of alkyl halides is 3. The fourth-order valence-electron chi connectivity index (χ4n) is 2.25. The number of benzene rings is 2. The van der Waals surface area contributed by atoms with Crippen molar-refractivity contribution < 1.29 is 13.2 Å². The lowest BCUT2D eigenvalue weighted by Gasteiger charge is -2.10. The molecule has 0 saturated carbocycles. The van der Waals surface area contributed by atoms with Crippen molar-refractivity contribution in [3.8, 4) is 0 Å². The van der Waals surface area contributed by atoms with Gasteiger partial charge in [-0.25, -0.2) is 0 Å². The van der Waals surface area contributed by atoms with Crippen LogP contribution in [-0.4, -0.2) is 0 Å². The van der Waals surface area contributed by atoms with Crippen molar-refractivity contribution in [2.24, 2.45) is 0 Å². The lowest BCUT2D eigenvalue weighted by molar-refractivity contribution is -0.137. The van der Waals surface area contributed by atoms with Gasteiger partial charge in [-0.3, -0.25) is 0 Å². The van der Waals surface area contributed by atoms with E-state index in [9.17, 15) is 13.2 Å². The molecule has 0 aliphatic heterocycles. The van der Waals surface area contributed by atoms with E-state index in [4.69, 9.17) is 0 Å². The van der Waals surface area contributed by atoms with Gasteiger partial charge in [0.05, 0.1) is 5.56 Å². The Balaban J connectivity index is 2.16. The smallest absolute Gasteiger partial charge is 0.166 e. The second kappa shape index (κ2) is 7.23. The lowest BCUT2D eigenvalue weighted by atomic mass is 10.0. The third-order valence-corrected chi connectivity index (χ3v) is 4.49. The lowest BCUT2D eigenvalue weighted by Crippen LogP contribution is -2.04. The van der Waals surface area contributed by atoms with Crippen LogP contribution in [0.1, 0.15) is 36.5 Å². The van der Waals surface area contributed by atoms with Crippen molar-refractivity contribution in [1.29, 1.82) is 0 Å². The van der Waals surface area contributed by atoms with Crippen LogP contribution in [0.5, 0.6) is 0 Å². The molecule has 2 aromatic carbocycles. The predicted octanol–water partition coefficient (Wildman–Crippen LogP) is 6.51. The van der Waals surface area contributed by atoms with Gasteiger partial charge >= 0.3 is 6.18 Å². The molecule has 0 spiro atoms. The summed E-state index contributed by atoms with van der Waals surface area (Å²) in [5, 5.41) is 0. The minimum Gasteiger partial charge on any atom is -0.166 e. The third kappa shape index (κ3) is 4.54. The first-order chi connectivity index (χ1) is 10.4. The van der Waals surface area contributed by atoms with E-state index in [2.05, 4.69) is 26.0 Å². The topological polar surface area (TPSA) is 0 Å². The Labute approximate surface area is 133 Å². The van der Waals surface area contributed by atoms with Crippen LogP contribution in [0.3, 0.4) is 0 Å². The number of halogens is 3. The first-order valence-electron chi connectivity index (χ1n) is 7.35. The van der Waals surface area contributed by atoms with E-state index in [-0.39, 0.29) is 0 Å². The minimum atomic E-state index is -4.30. The molecule has 4 heteroatoms. The van der Waals surface area contributed by atoms with E-state index in [1.54, 1.807) is 6.07 Å². The maximum absolute atomic E-state index is 12.7. The van der Waals surface area contributed by atoms with Crippen LogP contribution in [0.15, 0.2) is 52.3 Å². The molecule has 22 heavy (non-hydrogen) atoms. The molecule has 0 amide bonds. The highest BCUT2D eigenvalue weighted by Crippen LogP contribution is 2.34. The van der Waals surface area contributed by atoms with Crippen molar-refractivity contribution in [2.45, 2.75) is 49.1 Å². The van der Waals surface area contributed by atoms with Crippen LogP contribution in [0.2, 0.25) is 0 Å². The molecule has 0 heterocycles. The molecule has 0 bridgehead atoms. The number of hydrogen-bond acceptors (Lipinski definition) is 1. The Hall–Kier alpha value is -1.42. The van der Waals surface area contributed by atoms with E-state index in [0.717, 1.165) is 30.2 Å². The third-order valence-electron chi connectivity index (χ3n) is 3.51. The summed E-state index contributed by atoms with van der Waals surface area (Å²) in [7, 11) is 0.